The van der Waals surface area contributed by atoms with Crippen molar-refractivity contribution < 1.29 is 8.78 Å². The van der Waals surface area contributed by atoms with E-state index in [0.29, 0.717) is 0 Å². The lowest BCUT2D eigenvalue weighted by Crippen LogP contribution is -2.44. The third-order valence-electron chi connectivity index (χ3n) is 2.10. The number of rotatable bonds is 0. The molecule has 0 aromatic rings. The van der Waals surface area contributed by atoms with Crippen LogP contribution in [-0.2, 0) is 0 Å². The van der Waals surface area contributed by atoms with Crippen LogP contribution in [0.15, 0.2) is 0 Å². The third kappa shape index (κ3) is 1.87. The largest absolute Gasteiger partial charge is 0.313 e. The average Bonchev–Trinajstić information content (AvgIpc) is 1.97. The molecular formula is C7H10F2N2. The fourth-order valence-electron chi connectivity index (χ4n) is 1.17. The zero-order valence-corrected chi connectivity index (χ0v) is 6.11. The van der Waals surface area contributed by atoms with Crippen LogP contribution in [-0.4, -0.2) is 11.5 Å². The molecular weight excluding hydrogens is 150 g/mol. The number of nitrogens with zero attached hydrogens (tertiary/aromatic N) is 1. The van der Waals surface area contributed by atoms with Gasteiger partial charge >= 0.3 is 0 Å². The summed E-state index contributed by atoms with van der Waals surface area (Å²) in [5.41, 5.74) is 4.49. The molecule has 0 spiro atoms. The molecule has 1 aliphatic rings. The second kappa shape index (κ2) is 2.42. The van der Waals surface area contributed by atoms with Crippen molar-refractivity contribution in [2.45, 2.75) is 37.1 Å². The van der Waals surface area contributed by atoms with Crippen molar-refractivity contribution in [1.82, 2.24) is 0 Å². The van der Waals surface area contributed by atoms with Gasteiger partial charge in [0.1, 0.15) is 5.54 Å². The summed E-state index contributed by atoms with van der Waals surface area (Å²) in [7, 11) is 0. The minimum Gasteiger partial charge on any atom is -0.313 e. The Morgan fingerprint density at radius 2 is 1.64 bits per heavy atom. The number of alkyl halides is 2. The predicted octanol–water partition coefficient (Wildman–Crippen LogP) is 1.42. The van der Waals surface area contributed by atoms with Gasteiger partial charge < -0.3 is 5.73 Å². The van der Waals surface area contributed by atoms with Gasteiger partial charge in [-0.05, 0) is 12.8 Å². The molecule has 4 heteroatoms. The molecule has 0 bridgehead atoms. The van der Waals surface area contributed by atoms with Crippen LogP contribution in [0.4, 0.5) is 8.78 Å². The van der Waals surface area contributed by atoms with E-state index in [2.05, 4.69) is 0 Å². The average molecular weight is 160 g/mol. The molecule has 1 fully saturated rings. The fourth-order valence-corrected chi connectivity index (χ4v) is 1.17. The number of halogens is 2. The smallest absolute Gasteiger partial charge is 0.248 e. The fraction of sp³-hybridized carbons (Fsp3) is 0.857. The number of nitrogens with two attached hydrogens (primary N) is 1. The molecule has 0 heterocycles. The van der Waals surface area contributed by atoms with E-state index >= 15 is 0 Å². The summed E-state index contributed by atoms with van der Waals surface area (Å²) in [5.74, 6) is -2.60. The Kier molecular flexibility index (Phi) is 1.85. The Morgan fingerprint density at radius 1 is 1.18 bits per heavy atom. The van der Waals surface area contributed by atoms with Gasteiger partial charge in [0, 0.05) is 12.8 Å². The summed E-state index contributed by atoms with van der Waals surface area (Å²) >= 11 is 0. The Labute approximate surface area is 64.0 Å². The molecule has 62 valence electrons. The zero-order valence-electron chi connectivity index (χ0n) is 6.11. The number of nitriles is 1. The van der Waals surface area contributed by atoms with Crippen molar-refractivity contribution in [3.05, 3.63) is 0 Å². The van der Waals surface area contributed by atoms with E-state index in [0.717, 1.165) is 0 Å². The lowest BCUT2D eigenvalue weighted by atomic mass is 9.82. The lowest BCUT2D eigenvalue weighted by Gasteiger charge is -2.31. The summed E-state index contributed by atoms with van der Waals surface area (Å²) < 4.78 is 25.0. The van der Waals surface area contributed by atoms with Gasteiger partial charge in [-0.15, -0.1) is 0 Å². The zero-order chi connectivity index (χ0) is 8.54. The van der Waals surface area contributed by atoms with Gasteiger partial charge in [-0.3, -0.25) is 0 Å². The minimum absolute atomic E-state index is 0.108. The molecule has 0 unspecified atom stereocenters. The maximum Gasteiger partial charge on any atom is 0.248 e. The molecule has 0 amide bonds. The SMILES string of the molecule is N#CC1(N)CCC(F)(F)CC1. The third-order valence-corrected chi connectivity index (χ3v) is 2.10. The molecule has 2 nitrogen and oxygen atoms in total. The molecule has 0 radical (unpaired) electrons. The highest BCUT2D eigenvalue weighted by atomic mass is 19.3. The molecule has 0 aromatic heterocycles. The van der Waals surface area contributed by atoms with Crippen LogP contribution in [0, 0.1) is 11.3 Å². The maximum atomic E-state index is 12.5. The quantitative estimate of drug-likeness (QED) is 0.582. The molecule has 1 rings (SSSR count). The van der Waals surface area contributed by atoms with E-state index < -0.39 is 11.5 Å². The van der Waals surface area contributed by atoms with E-state index in [1.807, 2.05) is 6.07 Å². The van der Waals surface area contributed by atoms with Crippen molar-refractivity contribution in [3.63, 3.8) is 0 Å². The Balaban J connectivity index is 2.56. The van der Waals surface area contributed by atoms with Crippen LogP contribution < -0.4 is 5.73 Å². The highest BCUT2D eigenvalue weighted by Gasteiger charge is 2.41. The summed E-state index contributed by atoms with van der Waals surface area (Å²) in [5, 5.41) is 8.50. The van der Waals surface area contributed by atoms with Crippen molar-refractivity contribution >= 4 is 0 Å². The maximum absolute atomic E-state index is 12.5. The second-order valence-electron chi connectivity index (χ2n) is 3.12. The van der Waals surface area contributed by atoms with E-state index in [9.17, 15) is 8.78 Å². The van der Waals surface area contributed by atoms with Crippen LogP contribution >= 0.6 is 0 Å². The van der Waals surface area contributed by atoms with Crippen LogP contribution in [0.1, 0.15) is 25.7 Å². The molecule has 1 aliphatic carbocycles. The Bertz CT molecular complexity index is 185. The monoisotopic (exact) mass is 160 g/mol. The first-order valence-corrected chi connectivity index (χ1v) is 3.55. The van der Waals surface area contributed by atoms with Crippen molar-refractivity contribution in [3.8, 4) is 6.07 Å². The minimum atomic E-state index is -2.60. The molecule has 0 atom stereocenters. The topological polar surface area (TPSA) is 49.8 Å². The molecule has 11 heavy (non-hydrogen) atoms. The van der Waals surface area contributed by atoms with Gasteiger partial charge in [-0.1, -0.05) is 0 Å². The molecule has 0 aliphatic heterocycles. The van der Waals surface area contributed by atoms with Gasteiger partial charge in [-0.2, -0.15) is 5.26 Å². The van der Waals surface area contributed by atoms with Gasteiger partial charge in [0.05, 0.1) is 6.07 Å². The van der Waals surface area contributed by atoms with Crippen LogP contribution in [0.2, 0.25) is 0 Å². The normalized spacial score (nSPS) is 27.5. The summed E-state index contributed by atoms with van der Waals surface area (Å²) in [4.78, 5) is 0. The van der Waals surface area contributed by atoms with Crippen molar-refractivity contribution in [1.29, 1.82) is 5.26 Å². The van der Waals surface area contributed by atoms with E-state index in [4.69, 9.17) is 11.0 Å². The summed E-state index contributed by atoms with van der Waals surface area (Å²) in [6.07, 6.45) is -0.291. The van der Waals surface area contributed by atoms with Gasteiger partial charge in [0.25, 0.3) is 0 Å². The molecule has 0 saturated heterocycles. The second-order valence-corrected chi connectivity index (χ2v) is 3.12. The molecule has 0 aromatic carbocycles. The van der Waals surface area contributed by atoms with E-state index in [1.54, 1.807) is 0 Å². The number of hydrogen-bond acceptors (Lipinski definition) is 2. The van der Waals surface area contributed by atoms with Crippen LogP contribution in [0.5, 0.6) is 0 Å². The standard InChI is InChI=1S/C7H10F2N2/c8-7(9)3-1-6(11,5-10)2-4-7/h1-4,11H2. The summed E-state index contributed by atoms with van der Waals surface area (Å²) in [6.45, 7) is 0. The van der Waals surface area contributed by atoms with Crippen LogP contribution in [0.3, 0.4) is 0 Å². The van der Waals surface area contributed by atoms with Gasteiger partial charge in [0.15, 0.2) is 0 Å². The molecule has 1 saturated carbocycles. The first-order chi connectivity index (χ1) is 4.97. The first kappa shape index (κ1) is 8.41. The van der Waals surface area contributed by atoms with Crippen molar-refractivity contribution in [2.24, 2.45) is 5.73 Å². The van der Waals surface area contributed by atoms with Gasteiger partial charge in [-0.25, -0.2) is 8.78 Å². The van der Waals surface area contributed by atoms with E-state index in [-0.39, 0.29) is 25.7 Å². The lowest BCUT2D eigenvalue weighted by molar-refractivity contribution is -0.0441. The summed E-state index contributed by atoms with van der Waals surface area (Å²) in [6, 6.07) is 1.86. The van der Waals surface area contributed by atoms with E-state index in [1.165, 1.54) is 0 Å². The number of hydrogen-bond donors (Lipinski definition) is 1. The highest BCUT2D eigenvalue weighted by molar-refractivity contribution is 5.07. The molecule has 2 N–H and O–H groups in total. The highest BCUT2D eigenvalue weighted by Crippen LogP contribution is 2.36. The van der Waals surface area contributed by atoms with Crippen molar-refractivity contribution in [2.75, 3.05) is 0 Å². The Morgan fingerprint density at radius 3 is 2.00 bits per heavy atom. The Hall–Kier alpha value is -0.690. The predicted molar refractivity (Wildman–Crippen MR) is 35.9 cm³/mol. The van der Waals surface area contributed by atoms with Gasteiger partial charge in [0.2, 0.25) is 5.92 Å². The van der Waals surface area contributed by atoms with Crippen LogP contribution in [0.25, 0.3) is 0 Å². The first-order valence-electron chi connectivity index (χ1n) is 3.55.